The quantitative estimate of drug-likeness (QED) is 0.870. The number of hydrogen-bond acceptors (Lipinski definition) is 6. The Balaban J connectivity index is 1.45. The van der Waals surface area contributed by atoms with E-state index in [1.807, 2.05) is 19.0 Å². The van der Waals surface area contributed by atoms with Crippen LogP contribution in [-0.4, -0.2) is 56.4 Å². The van der Waals surface area contributed by atoms with E-state index in [1.54, 1.807) is 0 Å². The Morgan fingerprint density at radius 2 is 2.00 bits per heavy atom. The molecule has 1 aliphatic carbocycles. The first-order chi connectivity index (χ1) is 12.2. The fraction of sp³-hybridized carbons (Fsp3) is 0.789. The summed E-state index contributed by atoms with van der Waals surface area (Å²) in [6, 6.07) is 0. The molecule has 3 aliphatic rings. The Kier molecular flexibility index (Phi) is 4.82. The molecule has 0 radical (unpaired) electrons. The highest BCUT2D eigenvalue weighted by atomic mass is 16.5. The van der Waals surface area contributed by atoms with Gasteiger partial charge < -0.3 is 20.3 Å². The molecule has 2 aliphatic heterocycles. The van der Waals surface area contributed by atoms with Gasteiger partial charge in [0.2, 0.25) is 5.95 Å². The van der Waals surface area contributed by atoms with Gasteiger partial charge in [0.25, 0.3) is 0 Å². The van der Waals surface area contributed by atoms with Crippen molar-refractivity contribution in [1.29, 1.82) is 0 Å². The smallest absolute Gasteiger partial charge is 0.227 e. The van der Waals surface area contributed by atoms with E-state index in [0.717, 1.165) is 50.8 Å². The van der Waals surface area contributed by atoms with Crippen LogP contribution in [-0.2, 0) is 17.6 Å². The van der Waals surface area contributed by atoms with Gasteiger partial charge in [0, 0.05) is 26.2 Å². The molecule has 2 N–H and O–H groups in total. The van der Waals surface area contributed by atoms with E-state index in [0.29, 0.717) is 11.5 Å². The summed E-state index contributed by atoms with van der Waals surface area (Å²) in [4.78, 5) is 11.5. The maximum atomic E-state index is 6.15. The largest absolute Gasteiger partial charge is 0.376 e. The SMILES string of the molecule is CN(C)c1nc2c(c(NCC3CC4(CCNCC4)CO3)n1)CCCC2. The number of nitrogens with one attached hydrogen (secondary N) is 2. The molecule has 1 aromatic rings. The molecular formula is C19H31N5O. The Hall–Kier alpha value is -1.40. The second kappa shape index (κ2) is 7.08. The summed E-state index contributed by atoms with van der Waals surface area (Å²) in [5.74, 6) is 1.84. The molecule has 6 nitrogen and oxygen atoms in total. The summed E-state index contributed by atoms with van der Waals surface area (Å²) < 4.78 is 6.15. The van der Waals surface area contributed by atoms with Gasteiger partial charge in [-0.15, -0.1) is 0 Å². The third kappa shape index (κ3) is 3.60. The maximum absolute atomic E-state index is 6.15. The first kappa shape index (κ1) is 17.0. The molecular weight excluding hydrogens is 314 g/mol. The van der Waals surface area contributed by atoms with Crippen LogP contribution < -0.4 is 15.5 Å². The minimum absolute atomic E-state index is 0.301. The van der Waals surface area contributed by atoms with Gasteiger partial charge in [-0.25, -0.2) is 4.98 Å². The van der Waals surface area contributed by atoms with Gasteiger partial charge in [0.1, 0.15) is 5.82 Å². The lowest BCUT2D eigenvalue weighted by Crippen LogP contribution is -2.37. The fourth-order valence-electron chi connectivity index (χ4n) is 4.47. The van der Waals surface area contributed by atoms with Gasteiger partial charge in [-0.1, -0.05) is 0 Å². The Morgan fingerprint density at radius 3 is 2.80 bits per heavy atom. The number of hydrogen-bond donors (Lipinski definition) is 2. The standard InChI is InChI=1S/C19H31N5O/c1-24(2)18-22-16-6-4-3-5-15(16)17(23-18)21-12-14-11-19(13-25-14)7-9-20-10-8-19/h14,20H,3-13H2,1-2H3,(H,21,22,23). The molecule has 0 bridgehead atoms. The normalized spacial score (nSPS) is 25.0. The topological polar surface area (TPSA) is 62.3 Å². The number of piperidine rings is 1. The molecule has 2 saturated heterocycles. The Labute approximate surface area is 150 Å². The average Bonchev–Trinajstić information content (AvgIpc) is 3.02. The molecule has 1 aromatic heterocycles. The van der Waals surface area contributed by atoms with Crippen LogP contribution in [0.25, 0.3) is 0 Å². The van der Waals surface area contributed by atoms with E-state index >= 15 is 0 Å². The summed E-state index contributed by atoms with van der Waals surface area (Å²) in [7, 11) is 4.02. The van der Waals surface area contributed by atoms with Gasteiger partial charge in [-0.3, -0.25) is 0 Å². The molecule has 1 unspecified atom stereocenters. The molecule has 3 heterocycles. The third-order valence-corrected chi connectivity index (χ3v) is 6.02. The van der Waals surface area contributed by atoms with Gasteiger partial charge in [-0.05, 0) is 63.5 Å². The van der Waals surface area contributed by atoms with Crippen molar-refractivity contribution in [3.8, 4) is 0 Å². The summed E-state index contributed by atoms with van der Waals surface area (Å²) >= 11 is 0. The number of nitrogens with zero attached hydrogens (tertiary/aromatic N) is 3. The Bertz CT molecular complexity index is 612. The molecule has 1 spiro atoms. The van der Waals surface area contributed by atoms with E-state index in [4.69, 9.17) is 14.7 Å². The fourth-order valence-corrected chi connectivity index (χ4v) is 4.47. The van der Waals surface area contributed by atoms with Crippen LogP contribution in [0, 0.1) is 5.41 Å². The predicted molar refractivity (Wildman–Crippen MR) is 100 cm³/mol. The number of anilines is 2. The van der Waals surface area contributed by atoms with E-state index in [2.05, 4.69) is 10.6 Å². The van der Waals surface area contributed by atoms with Crippen molar-refractivity contribution in [2.24, 2.45) is 5.41 Å². The highest BCUT2D eigenvalue weighted by molar-refractivity contribution is 5.52. The monoisotopic (exact) mass is 345 g/mol. The van der Waals surface area contributed by atoms with Crippen molar-refractivity contribution in [2.45, 2.75) is 51.0 Å². The van der Waals surface area contributed by atoms with E-state index in [9.17, 15) is 0 Å². The molecule has 138 valence electrons. The zero-order valence-electron chi connectivity index (χ0n) is 15.6. The molecule has 2 fully saturated rings. The van der Waals surface area contributed by atoms with Crippen molar-refractivity contribution >= 4 is 11.8 Å². The molecule has 0 saturated carbocycles. The third-order valence-electron chi connectivity index (χ3n) is 6.02. The van der Waals surface area contributed by atoms with Crippen molar-refractivity contribution in [1.82, 2.24) is 15.3 Å². The van der Waals surface area contributed by atoms with Crippen LogP contribution in [0.2, 0.25) is 0 Å². The second-order valence-corrected chi connectivity index (χ2v) is 8.17. The lowest BCUT2D eigenvalue weighted by atomic mass is 9.77. The number of aromatic nitrogens is 2. The Morgan fingerprint density at radius 1 is 1.20 bits per heavy atom. The highest BCUT2D eigenvalue weighted by Crippen LogP contribution is 2.40. The van der Waals surface area contributed by atoms with Gasteiger partial charge >= 0.3 is 0 Å². The van der Waals surface area contributed by atoms with Crippen LogP contribution in [0.15, 0.2) is 0 Å². The number of ether oxygens (including phenoxy) is 1. The zero-order chi connectivity index (χ0) is 17.3. The molecule has 1 atom stereocenters. The van der Waals surface area contributed by atoms with Crippen molar-refractivity contribution in [3.05, 3.63) is 11.3 Å². The summed E-state index contributed by atoms with van der Waals surface area (Å²) in [6.45, 7) is 4.04. The van der Waals surface area contributed by atoms with Crippen molar-refractivity contribution in [2.75, 3.05) is 50.6 Å². The number of aryl methyl sites for hydroxylation is 1. The predicted octanol–water partition coefficient (Wildman–Crippen LogP) is 1.99. The van der Waals surface area contributed by atoms with Crippen LogP contribution in [0.4, 0.5) is 11.8 Å². The van der Waals surface area contributed by atoms with E-state index in [-0.39, 0.29) is 0 Å². The van der Waals surface area contributed by atoms with Crippen LogP contribution in [0.3, 0.4) is 0 Å². The van der Waals surface area contributed by atoms with Gasteiger partial charge in [0.15, 0.2) is 0 Å². The van der Waals surface area contributed by atoms with E-state index in [1.165, 1.54) is 43.4 Å². The van der Waals surface area contributed by atoms with Crippen molar-refractivity contribution in [3.63, 3.8) is 0 Å². The van der Waals surface area contributed by atoms with Gasteiger partial charge in [0.05, 0.1) is 18.4 Å². The van der Waals surface area contributed by atoms with E-state index < -0.39 is 0 Å². The minimum Gasteiger partial charge on any atom is -0.376 e. The average molecular weight is 345 g/mol. The zero-order valence-corrected chi connectivity index (χ0v) is 15.6. The lowest BCUT2D eigenvalue weighted by molar-refractivity contribution is 0.0924. The first-order valence-corrected chi connectivity index (χ1v) is 9.79. The number of rotatable bonds is 4. The molecule has 25 heavy (non-hydrogen) atoms. The summed E-state index contributed by atoms with van der Waals surface area (Å²) in [5, 5.41) is 7.08. The summed E-state index contributed by atoms with van der Waals surface area (Å²) in [5.41, 5.74) is 2.97. The molecule has 0 aromatic carbocycles. The summed E-state index contributed by atoms with van der Waals surface area (Å²) in [6.07, 6.45) is 8.61. The maximum Gasteiger partial charge on any atom is 0.227 e. The highest BCUT2D eigenvalue weighted by Gasteiger charge is 2.40. The lowest BCUT2D eigenvalue weighted by Gasteiger charge is -2.32. The van der Waals surface area contributed by atoms with Crippen molar-refractivity contribution < 1.29 is 4.74 Å². The first-order valence-electron chi connectivity index (χ1n) is 9.79. The van der Waals surface area contributed by atoms with Crippen LogP contribution >= 0.6 is 0 Å². The second-order valence-electron chi connectivity index (χ2n) is 8.17. The minimum atomic E-state index is 0.301. The molecule has 4 rings (SSSR count). The van der Waals surface area contributed by atoms with Crippen LogP contribution in [0.5, 0.6) is 0 Å². The molecule has 6 heteroatoms. The molecule has 0 amide bonds. The number of fused-ring (bicyclic) bond motifs is 1. The van der Waals surface area contributed by atoms with Gasteiger partial charge in [-0.2, -0.15) is 4.98 Å². The van der Waals surface area contributed by atoms with Crippen LogP contribution in [0.1, 0.15) is 43.4 Å².